The summed E-state index contributed by atoms with van der Waals surface area (Å²) < 4.78 is 5.72. The second kappa shape index (κ2) is 7.68. The lowest BCUT2D eigenvalue weighted by Crippen LogP contribution is -2.09. The quantitative estimate of drug-likeness (QED) is 0.439. The van der Waals surface area contributed by atoms with Crippen molar-refractivity contribution in [1.82, 2.24) is 0 Å². The molecule has 0 spiro atoms. The van der Waals surface area contributed by atoms with Crippen LogP contribution in [0.5, 0.6) is 0 Å². The smallest absolute Gasteiger partial charge is 0.248 e. The van der Waals surface area contributed by atoms with Crippen LogP contribution in [0.3, 0.4) is 0 Å². The maximum absolute atomic E-state index is 12.1. The van der Waals surface area contributed by atoms with Gasteiger partial charge in [-0.25, -0.2) is 0 Å². The average molecular weight is 387 g/mol. The summed E-state index contributed by atoms with van der Waals surface area (Å²) in [5.41, 5.74) is 8.70. The van der Waals surface area contributed by atoms with Gasteiger partial charge in [-0.15, -0.1) is 0 Å². The molecule has 1 amide bonds. The topological polar surface area (TPSA) is 68.3 Å². The molecule has 0 fully saturated rings. The lowest BCUT2D eigenvalue weighted by atomic mass is 10.2. The van der Waals surface area contributed by atoms with Crippen LogP contribution < -0.4 is 11.1 Å². The van der Waals surface area contributed by atoms with Gasteiger partial charge in [0.1, 0.15) is 11.5 Å². The van der Waals surface area contributed by atoms with Crippen LogP contribution >= 0.6 is 23.2 Å². The highest BCUT2D eigenvalue weighted by Crippen LogP contribution is 2.31. The fraction of sp³-hybridized carbons (Fsp3) is 0.0500. The maximum atomic E-state index is 12.1. The van der Waals surface area contributed by atoms with Gasteiger partial charge < -0.3 is 15.5 Å². The number of furan rings is 1. The number of benzene rings is 2. The first kappa shape index (κ1) is 18.1. The molecular weight excluding hydrogens is 371 g/mol. The number of nitrogens with one attached hydrogen (secondary N) is 1. The normalized spacial score (nSPS) is 11.0. The molecule has 0 saturated carbocycles. The minimum absolute atomic E-state index is 0.264. The molecule has 0 aliphatic rings. The zero-order valence-corrected chi connectivity index (χ0v) is 15.4. The van der Waals surface area contributed by atoms with Gasteiger partial charge in [0.2, 0.25) is 5.91 Å². The second-order valence-electron chi connectivity index (χ2n) is 5.72. The SMILES string of the molecule is Cc1cc(N)ccc1NC(=O)/C=C/c1ccc(-c2ccc(Cl)cc2Cl)o1. The van der Waals surface area contributed by atoms with E-state index < -0.39 is 0 Å². The number of rotatable bonds is 4. The van der Waals surface area contributed by atoms with Gasteiger partial charge >= 0.3 is 0 Å². The Balaban J connectivity index is 1.71. The van der Waals surface area contributed by atoms with Crippen molar-refractivity contribution in [1.29, 1.82) is 0 Å². The van der Waals surface area contributed by atoms with Crippen LogP contribution in [0.25, 0.3) is 17.4 Å². The molecule has 3 aromatic rings. The van der Waals surface area contributed by atoms with Crippen LogP contribution in [-0.4, -0.2) is 5.91 Å². The van der Waals surface area contributed by atoms with Gasteiger partial charge in [0.15, 0.2) is 0 Å². The lowest BCUT2D eigenvalue weighted by molar-refractivity contribution is -0.111. The Labute approximate surface area is 161 Å². The standard InChI is InChI=1S/C20H16Cl2N2O2/c1-12-10-14(23)3-7-18(12)24-20(25)9-5-15-4-8-19(26-15)16-6-2-13(21)11-17(16)22/h2-11H,23H2,1H3,(H,24,25)/b9-5+. The average Bonchev–Trinajstić information content (AvgIpc) is 3.04. The van der Waals surface area contributed by atoms with E-state index in [1.54, 1.807) is 54.6 Å². The highest BCUT2D eigenvalue weighted by Gasteiger charge is 2.08. The molecule has 0 aliphatic heterocycles. The zero-order chi connectivity index (χ0) is 18.7. The summed E-state index contributed by atoms with van der Waals surface area (Å²) >= 11 is 12.1. The predicted molar refractivity (Wildman–Crippen MR) is 107 cm³/mol. The van der Waals surface area contributed by atoms with Crippen molar-refractivity contribution in [3.8, 4) is 11.3 Å². The van der Waals surface area contributed by atoms with E-state index in [2.05, 4.69) is 5.32 Å². The van der Waals surface area contributed by atoms with Crippen LogP contribution in [0.4, 0.5) is 11.4 Å². The van der Waals surface area contributed by atoms with Crippen molar-refractivity contribution in [2.75, 3.05) is 11.1 Å². The van der Waals surface area contributed by atoms with Gasteiger partial charge in [-0.2, -0.15) is 0 Å². The molecule has 1 heterocycles. The van der Waals surface area contributed by atoms with Gasteiger partial charge in [0.25, 0.3) is 0 Å². The van der Waals surface area contributed by atoms with E-state index in [1.807, 2.05) is 6.92 Å². The molecular formula is C20H16Cl2N2O2. The van der Waals surface area contributed by atoms with Crippen LogP contribution in [0.15, 0.2) is 59.0 Å². The summed E-state index contributed by atoms with van der Waals surface area (Å²) in [7, 11) is 0. The summed E-state index contributed by atoms with van der Waals surface area (Å²) in [6, 6.07) is 14.0. The van der Waals surface area contributed by atoms with E-state index in [-0.39, 0.29) is 5.91 Å². The highest BCUT2D eigenvalue weighted by molar-refractivity contribution is 6.36. The van der Waals surface area contributed by atoms with Crippen LogP contribution in [0, 0.1) is 6.92 Å². The Morgan fingerprint density at radius 1 is 1.12 bits per heavy atom. The third kappa shape index (κ3) is 4.28. The van der Waals surface area contributed by atoms with Gasteiger partial charge in [0.05, 0.1) is 5.02 Å². The molecule has 2 aromatic carbocycles. The fourth-order valence-electron chi connectivity index (χ4n) is 2.44. The Bertz CT molecular complexity index is 993. The molecule has 0 unspecified atom stereocenters. The van der Waals surface area contributed by atoms with Gasteiger partial charge in [0, 0.05) is 28.0 Å². The molecule has 4 nitrogen and oxygen atoms in total. The molecule has 0 saturated heterocycles. The molecule has 0 radical (unpaired) electrons. The van der Waals surface area contributed by atoms with E-state index in [1.165, 1.54) is 6.08 Å². The molecule has 132 valence electrons. The monoisotopic (exact) mass is 386 g/mol. The first-order valence-electron chi connectivity index (χ1n) is 7.83. The summed E-state index contributed by atoms with van der Waals surface area (Å²) in [4.78, 5) is 12.1. The third-order valence-electron chi connectivity index (χ3n) is 3.73. The fourth-order valence-corrected chi connectivity index (χ4v) is 2.94. The number of nitrogens with two attached hydrogens (primary N) is 1. The molecule has 6 heteroatoms. The number of amides is 1. The maximum Gasteiger partial charge on any atom is 0.248 e. The molecule has 0 aliphatic carbocycles. The van der Waals surface area contributed by atoms with Crippen LogP contribution in [0.2, 0.25) is 10.0 Å². The number of nitrogen functional groups attached to an aromatic ring is 1. The molecule has 0 bridgehead atoms. The van der Waals surface area contributed by atoms with Gasteiger partial charge in [-0.05, 0) is 67.1 Å². The van der Waals surface area contributed by atoms with Crippen molar-refractivity contribution < 1.29 is 9.21 Å². The highest BCUT2D eigenvalue weighted by atomic mass is 35.5. The first-order valence-corrected chi connectivity index (χ1v) is 8.58. The Morgan fingerprint density at radius 2 is 1.92 bits per heavy atom. The van der Waals surface area contributed by atoms with Crippen molar-refractivity contribution in [3.63, 3.8) is 0 Å². The van der Waals surface area contributed by atoms with Crippen molar-refractivity contribution in [2.24, 2.45) is 0 Å². The largest absolute Gasteiger partial charge is 0.457 e. The number of hydrogen-bond acceptors (Lipinski definition) is 3. The number of aryl methyl sites for hydroxylation is 1. The zero-order valence-electron chi connectivity index (χ0n) is 13.9. The predicted octanol–water partition coefficient (Wildman–Crippen LogP) is 5.80. The summed E-state index contributed by atoms with van der Waals surface area (Å²) in [6.07, 6.45) is 3.00. The molecule has 0 atom stereocenters. The summed E-state index contributed by atoms with van der Waals surface area (Å²) in [6.45, 7) is 1.88. The molecule has 26 heavy (non-hydrogen) atoms. The number of carbonyl (C=O) groups excluding carboxylic acids is 1. The Kier molecular flexibility index (Phi) is 5.35. The summed E-state index contributed by atoms with van der Waals surface area (Å²) in [5.74, 6) is 0.872. The Hall–Kier alpha value is -2.69. The van der Waals surface area contributed by atoms with Gasteiger partial charge in [-0.3, -0.25) is 4.79 Å². The first-order chi connectivity index (χ1) is 12.4. The summed E-state index contributed by atoms with van der Waals surface area (Å²) in [5, 5.41) is 3.86. The second-order valence-corrected chi connectivity index (χ2v) is 6.57. The van der Waals surface area contributed by atoms with E-state index in [4.69, 9.17) is 33.4 Å². The van der Waals surface area contributed by atoms with Crippen LogP contribution in [-0.2, 0) is 4.79 Å². The lowest BCUT2D eigenvalue weighted by Gasteiger charge is -2.06. The van der Waals surface area contributed by atoms with Crippen molar-refractivity contribution in [2.45, 2.75) is 6.92 Å². The van der Waals surface area contributed by atoms with Crippen LogP contribution in [0.1, 0.15) is 11.3 Å². The number of halogens is 2. The molecule has 3 rings (SSSR count). The number of hydrogen-bond donors (Lipinski definition) is 2. The third-order valence-corrected chi connectivity index (χ3v) is 4.28. The minimum Gasteiger partial charge on any atom is -0.457 e. The van der Waals surface area contributed by atoms with E-state index >= 15 is 0 Å². The van der Waals surface area contributed by atoms with Crippen molar-refractivity contribution >= 4 is 46.6 Å². The Morgan fingerprint density at radius 3 is 2.65 bits per heavy atom. The van der Waals surface area contributed by atoms with E-state index in [0.29, 0.717) is 32.9 Å². The van der Waals surface area contributed by atoms with Gasteiger partial charge in [-0.1, -0.05) is 23.2 Å². The number of carbonyl (C=O) groups is 1. The van der Waals surface area contributed by atoms with E-state index in [9.17, 15) is 4.79 Å². The minimum atomic E-state index is -0.264. The van der Waals surface area contributed by atoms with Crippen molar-refractivity contribution in [3.05, 3.63) is 76.0 Å². The molecule has 3 N–H and O–H groups in total. The molecule has 1 aromatic heterocycles. The van der Waals surface area contributed by atoms with E-state index in [0.717, 1.165) is 11.1 Å². The number of anilines is 2.